The van der Waals surface area contributed by atoms with Gasteiger partial charge in [0, 0.05) is 27.4 Å². The van der Waals surface area contributed by atoms with Crippen LogP contribution in [0, 0.1) is 5.82 Å². The van der Waals surface area contributed by atoms with Crippen LogP contribution in [-0.4, -0.2) is 21.8 Å². The Hall–Kier alpha value is -4.00. The summed E-state index contributed by atoms with van der Waals surface area (Å²) >= 11 is 0. The highest BCUT2D eigenvalue weighted by Crippen LogP contribution is 2.37. The highest BCUT2D eigenvalue weighted by Gasteiger charge is 2.21. The number of fused-ring (bicyclic) bond motifs is 3. The van der Waals surface area contributed by atoms with Gasteiger partial charge in [-0.05, 0) is 31.2 Å². The monoisotopic (exact) mass is 388 g/mol. The number of amides is 2. The van der Waals surface area contributed by atoms with Crippen LogP contribution in [0.15, 0.2) is 60.8 Å². The number of nitrogens with zero attached hydrogens (tertiary/aromatic N) is 1. The molecule has 0 bridgehead atoms. The zero-order chi connectivity index (χ0) is 20.7. The second kappa shape index (κ2) is 6.87. The molecule has 2 heterocycles. The summed E-state index contributed by atoms with van der Waals surface area (Å²) in [7, 11) is 0. The number of nitrogens with one attached hydrogen (secondary N) is 2. The molecule has 4 aromatic rings. The lowest BCUT2D eigenvalue weighted by Gasteiger charge is -2.10. The van der Waals surface area contributed by atoms with Crippen molar-refractivity contribution in [2.24, 2.45) is 5.73 Å². The summed E-state index contributed by atoms with van der Waals surface area (Å²) in [5.41, 5.74) is 8.18. The van der Waals surface area contributed by atoms with Crippen molar-refractivity contribution in [3.63, 3.8) is 0 Å². The zero-order valence-corrected chi connectivity index (χ0v) is 15.5. The number of primary amides is 1. The van der Waals surface area contributed by atoms with Gasteiger partial charge in [0.15, 0.2) is 0 Å². The van der Waals surface area contributed by atoms with Crippen molar-refractivity contribution >= 4 is 39.3 Å². The Morgan fingerprint density at radius 2 is 1.97 bits per heavy atom. The first-order valence-electron chi connectivity index (χ1n) is 8.83. The Labute approximate surface area is 165 Å². The quantitative estimate of drug-likeness (QED) is 0.458. The molecule has 0 saturated carbocycles. The van der Waals surface area contributed by atoms with E-state index in [4.69, 9.17) is 5.73 Å². The molecule has 2 aromatic carbocycles. The molecule has 144 valence electrons. The van der Waals surface area contributed by atoms with E-state index < -0.39 is 11.7 Å². The number of para-hydroxylation sites is 1. The smallest absolute Gasteiger partial charge is 0.250 e. The number of H-pyrrole nitrogens is 1. The summed E-state index contributed by atoms with van der Waals surface area (Å²) in [5.74, 6) is -1.66. The van der Waals surface area contributed by atoms with Crippen LogP contribution in [0.1, 0.15) is 17.3 Å². The molecule has 0 radical (unpaired) electrons. The van der Waals surface area contributed by atoms with Crippen molar-refractivity contribution in [2.75, 3.05) is 5.32 Å². The molecule has 2 amide bonds. The SMILES string of the molecule is C=C(C)C(=O)Nc1ccc(-c2c(F)cc(C(N)=O)c3[nH]c4ccccc4c23)nc1. The molecule has 0 aliphatic rings. The summed E-state index contributed by atoms with van der Waals surface area (Å²) in [6, 6.07) is 11.7. The fourth-order valence-electron chi connectivity index (χ4n) is 3.29. The molecule has 4 N–H and O–H groups in total. The normalized spacial score (nSPS) is 11.0. The number of nitrogens with two attached hydrogens (primary N) is 1. The maximum atomic E-state index is 15.1. The number of benzene rings is 2. The zero-order valence-electron chi connectivity index (χ0n) is 15.5. The van der Waals surface area contributed by atoms with Crippen LogP contribution < -0.4 is 11.1 Å². The van der Waals surface area contributed by atoms with E-state index in [-0.39, 0.29) is 17.0 Å². The van der Waals surface area contributed by atoms with E-state index >= 15 is 4.39 Å². The highest BCUT2D eigenvalue weighted by molar-refractivity contribution is 6.19. The molecule has 0 fully saturated rings. The van der Waals surface area contributed by atoms with Crippen LogP contribution in [0.5, 0.6) is 0 Å². The van der Waals surface area contributed by atoms with Gasteiger partial charge in [0.25, 0.3) is 11.8 Å². The fraction of sp³-hybridized carbons (Fsp3) is 0.0455. The topological polar surface area (TPSA) is 101 Å². The van der Waals surface area contributed by atoms with Gasteiger partial charge in [-0.25, -0.2) is 4.39 Å². The minimum Gasteiger partial charge on any atom is -0.366 e. The summed E-state index contributed by atoms with van der Waals surface area (Å²) in [5, 5.41) is 3.94. The van der Waals surface area contributed by atoms with Gasteiger partial charge < -0.3 is 16.0 Å². The van der Waals surface area contributed by atoms with Crippen LogP contribution in [0.2, 0.25) is 0 Å². The second-order valence-electron chi connectivity index (χ2n) is 6.73. The minimum atomic E-state index is -0.724. The van der Waals surface area contributed by atoms with Crippen molar-refractivity contribution in [1.82, 2.24) is 9.97 Å². The Bertz CT molecular complexity index is 1310. The standard InChI is InChI=1S/C22H17FN4O2/c1-11(2)22(29)26-12-7-8-17(25-10-12)19-15(23)9-14(21(24)28)20-18(19)13-5-3-4-6-16(13)27-20/h3-10,27H,1H2,2H3,(H2,24,28)(H,26,29). The van der Waals surface area contributed by atoms with Crippen molar-refractivity contribution in [3.8, 4) is 11.3 Å². The van der Waals surface area contributed by atoms with E-state index in [1.807, 2.05) is 24.3 Å². The van der Waals surface area contributed by atoms with E-state index in [1.54, 1.807) is 19.1 Å². The van der Waals surface area contributed by atoms with Crippen molar-refractivity contribution < 1.29 is 14.0 Å². The van der Waals surface area contributed by atoms with Gasteiger partial charge in [0.2, 0.25) is 0 Å². The van der Waals surface area contributed by atoms with Crippen LogP contribution in [0.4, 0.5) is 10.1 Å². The number of aromatic amines is 1. The maximum Gasteiger partial charge on any atom is 0.250 e. The van der Waals surface area contributed by atoms with E-state index in [1.165, 1.54) is 6.20 Å². The van der Waals surface area contributed by atoms with Gasteiger partial charge in [-0.3, -0.25) is 14.6 Å². The molecule has 2 aromatic heterocycles. The first-order valence-corrected chi connectivity index (χ1v) is 8.83. The summed E-state index contributed by atoms with van der Waals surface area (Å²) in [6.45, 7) is 5.18. The molecule has 0 spiro atoms. The van der Waals surface area contributed by atoms with E-state index in [0.717, 1.165) is 17.0 Å². The number of hydrogen-bond acceptors (Lipinski definition) is 3. The first-order chi connectivity index (χ1) is 13.9. The van der Waals surface area contributed by atoms with Gasteiger partial charge in [0.05, 0.1) is 28.7 Å². The van der Waals surface area contributed by atoms with Gasteiger partial charge in [0.1, 0.15) is 5.82 Å². The Morgan fingerprint density at radius 3 is 2.62 bits per heavy atom. The van der Waals surface area contributed by atoms with Crippen LogP contribution in [-0.2, 0) is 4.79 Å². The molecule has 29 heavy (non-hydrogen) atoms. The number of carbonyl (C=O) groups excluding carboxylic acids is 2. The average molecular weight is 388 g/mol. The molecule has 0 saturated heterocycles. The number of carbonyl (C=O) groups is 2. The number of halogens is 1. The number of hydrogen-bond donors (Lipinski definition) is 3. The largest absolute Gasteiger partial charge is 0.366 e. The highest BCUT2D eigenvalue weighted by atomic mass is 19.1. The van der Waals surface area contributed by atoms with Crippen LogP contribution in [0.3, 0.4) is 0 Å². The third-order valence-corrected chi connectivity index (χ3v) is 4.67. The van der Waals surface area contributed by atoms with E-state index in [0.29, 0.717) is 27.9 Å². The number of pyridine rings is 1. The molecule has 7 heteroatoms. The van der Waals surface area contributed by atoms with Crippen molar-refractivity contribution in [3.05, 3.63) is 72.2 Å². The molecule has 0 aliphatic carbocycles. The maximum absolute atomic E-state index is 15.1. The van der Waals surface area contributed by atoms with Crippen LogP contribution >= 0.6 is 0 Å². The molecule has 0 atom stereocenters. The van der Waals surface area contributed by atoms with Gasteiger partial charge in [-0.2, -0.15) is 0 Å². The number of anilines is 1. The van der Waals surface area contributed by atoms with Gasteiger partial charge in [-0.1, -0.05) is 24.8 Å². The summed E-state index contributed by atoms with van der Waals surface area (Å²) < 4.78 is 15.1. The van der Waals surface area contributed by atoms with Crippen LogP contribution in [0.25, 0.3) is 33.1 Å². The predicted octanol–water partition coefficient (Wildman–Crippen LogP) is 4.14. The lowest BCUT2D eigenvalue weighted by atomic mass is 9.99. The van der Waals surface area contributed by atoms with Gasteiger partial charge in [-0.15, -0.1) is 0 Å². The lowest BCUT2D eigenvalue weighted by molar-refractivity contribution is -0.112. The van der Waals surface area contributed by atoms with Crippen molar-refractivity contribution in [2.45, 2.75) is 6.92 Å². The molecule has 0 aliphatic heterocycles. The van der Waals surface area contributed by atoms with E-state index in [9.17, 15) is 9.59 Å². The minimum absolute atomic E-state index is 0.0720. The molecular formula is C22H17FN4O2. The summed E-state index contributed by atoms with van der Waals surface area (Å²) in [4.78, 5) is 31.1. The third-order valence-electron chi connectivity index (χ3n) is 4.67. The Kier molecular flexibility index (Phi) is 4.35. The van der Waals surface area contributed by atoms with Gasteiger partial charge >= 0.3 is 0 Å². The fourth-order valence-corrected chi connectivity index (χ4v) is 3.29. The second-order valence-corrected chi connectivity index (χ2v) is 6.73. The predicted molar refractivity (Wildman–Crippen MR) is 111 cm³/mol. The molecule has 4 rings (SSSR count). The molecular weight excluding hydrogens is 371 g/mol. The first kappa shape index (κ1) is 18.4. The van der Waals surface area contributed by atoms with Crippen molar-refractivity contribution in [1.29, 1.82) is 0 Å². The average Bonchev–Trinajstić information content (AvgIpc) is 3.07. The molecule has 0 unspecified atom stereocenters. The van der Waals surface area contributed by atoms with E-state index in [2.05, 4.69) is 21.9 Å². The number of rotatable bonds is 4. The third kappa shape index (κ3) is 3.12. The lowest BCUT2D eigenvalue weighted by Crippen LogP contribution is -2.12. The number of aromatic nitrogens is 2. The molecule has 6 nitrogen and oxygen atoms in total. The Balaban J connectivity index is 1.93. The Morgan fingerprint density at radius 1 is 1.21 bits per heavy atom. The summed E-state index contributed by atoms with van der Waals surface area (Å²) in [6.07, 6.45) is 1.44.